The summed E-state index contributed by atoms with van der Waals surface area (Å²) >= 11 is 0. The summed E-state index contributed by atoms with van der Waals surface area (Å²) in [6.07, 6.45) is 0.962. The predicted molar refractivity (Wildman–Crippen MR) is 127 cm³/mol. The fraction of sp³-hybridized carbons (Fsp3) is 0.625. The van der Waals surface area contributed by atoms with Crippen LogP contribution in [0.25, 0.3) is 0 Å². The summed E-state index contributed by atoms with van der Waals surface area (Å²) in [5.74, 6) is 3.18. The SMILES string of the molecule is CCNC(=NCc1ccc(C)cc1OC(C)CC(C)C)NCc1nc(C(C)OCC)no1. The number of benzene rings is 1. The quantitative estimate of drug-likeness (QED) is 0.366. The van der Waals surface area contributed by atoms with E-state index in [1.54, 1.807) is 0 Å². The molecule has 0 aliphatic rings. The first-order valence-electron chi connectivity index (χ1n) is 11.5. The minimum atomic E-state index is -0.197. The molecule has 0 aliphatic carbocycles. The van der Waals surface area contributed by atoms with Gasteiger partial charge in [-0.25, -0.2) is 4.99 Å². The summed E-state index contributed by atoms with van der Waals surface area (Å²) in [7, 11) is 0. The average Bonchev–Trinajstić information content (AvgIpc) is 3.20. The van der Waals surface area contributed by atoms with Crippen molar-refractivity contribution in [1.82, 2.24) is 20.8 Å². The van der Waals surface area contributed by atoms with Gasteiger partial charge < -0.3 is 24.6 Å². The van der Waals surface area contributed by atoms with Gasteiger partial charge in [0, 0.05) is 18.7 Å². The molecule has 0 radical (unpaired) electrons. The standard InChI is InChI=1S/C24H39N5O3/c1-8-25-24(27-15-22-28-23(29-32-22)19(7)30-9-2)26-14-20-11-10-17(5)13-21(20)31-18(6)12-16(3)4/h10-11,13,16,18-19H,8-9,12,14-15H2,1-7H3,(H2,25,26,27). The first-order chi connectivity index (χ1) is 15.3. The van der Waals surface area contributed by atoms with E-state index in [1.165, 1.54) is 5.56 Å². The van der Waals surface area contributed by atoms with Crippen LogP contribution in [0.3, 0.4) is 0 Å². The summed E-state index contributed by atoms with van der Waals surface area (Å²) in [6, 6.07) is 6.26. The maximum Gasteiger partial charge on any atom is 0.246 e. The minimum absolute atomic E-state index is 0.150. The molecule has 178 valence electrons. The van der Waals surface area contributed by atoms with Crippen LogP contribution in [0.1, 0.15) is 76.9 Å². The highest BCUT2D eigenvalue weighted by Gasteiger charge is 2.14. The second kappa shape index (κ2) is 13.1. The molecule has 0 saturated heterocycles. The summed E-state index contributed by atoms with van der Waals surface area (Å²) in [4.78, 5) is 9.12. The molecule has 0 amide bonds. The number of rotatable bonds is 12. The Morgan fingerprint density at radius 3 is 2.62 bits per heavy atom. The molecular weight excluding hydrogens is 406 g/mol. The number of hydrogen-bond acceptors (Lipinski definition) is 6. The number of nitrogens with one attached hydrogen (secondary N) is 2. The lowest BCUT2D eigenvalue weighted by atomic mass is 10.1. The van der Waals surface area contributed by atoms with Gasteiger partial charge in [0.05, 0.1) is 19.2 Å². The Hall–Kier alpha value is -2.61. The number of guanidine groups is 1. The van der Waals surface area contributed by atoms with Gasteiger partial charge in [0.25, 0.3) is 0 Å². The molecular formula is C24H39N5O3. The molecule has 8 nitrogen and oxygen atoms in total. The Morgan fingerprint density at radius 2 is 1.94 bits per heavy atom. The third-order valence-electron chi connectivity index (χ3n) is 4.78. The van der Waals surface area contributed by atoms with Gasteiger partial charge in [0.1, 0.15) is 11.9 Å². The number of hydrogen-bond donors (Lipinski definition) is 2. The maximum absolute atomic E-state index is 6.25. The fourth-order valence-corrected chi connectivity index (χ4v) is 3.33. The van der Waals surface area contributed by atoms with Crippen LogP contribution in [-0.4, -0.2) is 35.4 Å². The highest BCUT2D eigenvalue weighted by atomic mass is 16.5. The molecule has 0 spiro atoms. The van der Waals surface area contributed by atoms with Crippen molar-refractivity contribution in [3.63, 3.8) is 0 Å². The Balaban J connectivity index is 2.05. The second-order valence-electron chi connectivity index (χ2n) is 8.36. The Bertz CT molecular complexity index is 850. The average molecular weight is 446 g/mol. The van der Waals surface area contributed by atoms with Crippen molar-refractivity contribution in [3.8, 4) is 5.75 Å². The molecule has 0 aliphatic heterocycles. The van der Waals surface area contributed by atoms with Crippen LogP contribution in [-0.2, 0) is 17.8 Å². The normalized spacial score (nSPS) is 13.8. The summed E-state index contributed by atoms with van der Waals surface area (Å²) in [6.45, 7) is 16.7. The highest BCUT2D eigenvalue weighted by Crippen LogP contribution is 2.24. The van der Waals surface area contributed by atoms with Gasteiger partial charge in [-0.05, 0) is 58.6 Å². The summed E-state index contributed by atoms with van der Waals surface area (Å²) in [5, 5.41) is 10.5. The minimum Gasteiger partial charge on any atom is -0.490 e. The molecule has 2 aromatic rings. The zero-order valence-electron chi connectivity index (χ0n) is 20.6. The van der Waals surface area contributed by atoms with Gasteiger partial charge in [-0.3, -0.25) is 0 Å². The monoisotopic (exact) mass is 445 g/mol. The molecule has 2 rings (SSSR count). The van der Waals surface area contributed by atoms with Crippen LogP contribution in [0.4, 0.5) is 0 Å². The number of ether oxygens (including phenoxy) is 2. The maximum atomic E-state index is 6.25. The molecule has 32 heavy (non-hydrogen) atoms. The van der Waals surface area contributed by atoms with Crippen molar-refractivity contribution in [2.24, 2.45) is 10.9 Å². The van der Waals surface area contributed by atoms with E-state index in [2.05, 4.69) is 66.7 Å². The van der Waals surface area contributed by atoms with Crippen molar-refractivity contribution >= 4 is 5.96 Å². The third-order valence-corrected chi connectivity index (χ3v) is 4.78. The zero-order chi connectivity index (χ0) is 23.5. The zero-order valence-corrected chi connectivity index (χ0v) is 20.6. The van der Waals surface area contributed by atoms with E-state index in [9.17, 15) is 0 Å². The second-order valence-corrected chi connectivity index (χ2v) is 8.36. The lowest BCUT2D eigenvalue weighted by Gasteiger charge is -2.19. The molecule has 1 aromatic heterocycles. The molecule has 0 bridgehead atoms. The van der Waals surface area contributed by atoms with E-state index in [0.717, 1.165) is 24.3 Å². The lowest BCUT2D eigenvalue weighted by molar-refractivity contribution is 0.0683. The van der Waals surface area contributed by atoms with E-state index in [-0.39, 0.29) is 12.2 Å². The van der Waals surface area contributed by atoms with Gasteiger partial charge in [-0.15, -0.1) is 0 Å². The molecule has 1 aromatic carbocycles. The van der Waals surface area contributed by atoms with Gasteiger partial charge in [-0.2, -0.15) is 4.98 Å². The van der Waals surface area contributed by atoms with Crippen LogP contribution >= 0.6 is 0 Å². The third kappa shape index (κ3) is 8.49. The number of aryl methyl sites for hydroxylation is 1. The number of nitrogens with zero attached hydrogens (tertiary/aromatic N) is 3. The van der Waals surface area contributed by atoms with E-state index >= 15 is 0 Å². The van der Waals surface area contributed by atoms with Crippen molar-refractivity contribution in [2.75, 3.05) is 13.2 Å². The summed E-state index contributed by atoms with van der Waals surface area (Å²) in [5.41, 5.74) is 2.22. The van der Waals surface area contributed by atoms with Crippen molar-refractivity contribution in [3.05, 3.63) is 41.0 Å². The van der Waals surface area contributed by atoms with Crippen molar-refractivity contribution in [2.45, 2.75) is 80.2 Å². The van der Waals surface area contributed by atoms with Crippen molar-refractivity contribution < 1.29 is 14.0 Å². The molecule has 8 heteroatoms. The Labute approximate surface area is 192 Å². The molecule has 2 unspecified atom stereocenters. The van der Waals surface area contributed by atoms with Gasteiger partial charge >= 0.3 is 0 Å². The van der Waals surface area contributed by atoms with E-state index in [4.69, 9.17) is 19.0 Å². The van der Waals surface area contributed by atoms with E-state index < -0.39 is 0 Å². The van der Waals surface area contributed by atoms with Crippen LogP contribution in [0.2, 0.25) is 0 Å². The molecule has 1 heterocycles. The van der Waals surface area contributed by atoms with Crippen molar-refractivity contribution in [1.29, 1.82) is 0 Å². The van der Waals surface area contributed by atoms with E-state index in [1.807, 2.05) is 20.8 Å². The van der Waals surface area contributed by atoms with E-state index in [0.29, 0.717) is 43.3 Å². The molecule has 0 fully saturated rings. The van der Waals surface area contributed by atoms with Crippen LogP contribution in [0, 0.1) is 12.8 Å². The van der Waals surface area contributed by atoms with Crippen LogP contribution in [0.5, 0.6) is 5.75 Å². The van der Waals surface area contributed by atoms with Crippen LogP contribution in [0.15, 0.2) is 27.7 Å². The molecule has 2 N–H and O–H groups in total. The van der Waals surface area contributed by atoms with Gasteiger partial charge in [0.2, 0.25) is 5.89 Å². The number of aliphatic imine (C=N–C) groups is 1. The lowest BCUT2D eigenvalue weighted by Crippen LogP contribution is -2.36. The largest absolute Gasteiger partial charge is 0.490 e. The first kappa shape index (κ1) is 25.6. The Morgan fingerprint density at radius 1 is 1.16 bits per heavy atom. The number of aromatic nitrogens is 2. The fourth-order valence-electron chi connectivity index (χ4n) is 3.33. The first-order valence-corrected chi connectivity index (χ1v) is 11.5. The highest BCUT2D eigenvalue weighted by molar-refractivity contribution is 5.79. The van der Waals surface area contributed by atoms with Gasteiger partial charge in [-0.1, -0.05) is 31.1 Å². The smallest absolute Gasteiger partial charge is 0.246 e. The topological polar surface area (TPSA) is 93.8 Å². The van der Waals surface area contributed by atoms with Gasteiger partial charge in [0.15, 0.2) is 11.8 Å². The molecule has 2 atom stereocenters. The van der Waals surface area contributed by atoms with Crippen LogP contribution < -0.4 is 15.4 Å². The molecule has 0 saturated carbocycles. The Kier molecular flexibility index (Phi) is 10.5. The summed E-state index contributed by atoms with van der Waals surface area (Å²) < 4.78 is 17.1. The predicted octanol–water partition coefficient (Wildman–Crippen LogP) is 4.54.